The molecule has 1 aromatic carbocycles. The molecule has 2 heterocycles. The van der Waals surface area contributed by atoms with Gasteiger partial charge in [-0.2, -0.15) is 0 Å². The molecule has 1 fully saturated rings. The van der Waals surface area contributed by atoms with Gasteiger partial charge in [0.1, 0.15) is 5.60 Å². The van der Waals surface area contributed by atoms with Gasteiger partial charge in [0.2, 0.25) is 0 Å². The molecule has 2 aliphatic rings. The summed E-state index contributed by atoms with van der Waals surface area (Å²) in [6.45, 7) is 6.33. The van der Waals surface area contributed by atoms with Gasteiger partial charge in [0, 0.05) is 22.6 Å². The Kier molecular flexibility index (Phi) is 4.31. The van der Waals surface area contributed by atoms with Crippen molar-refractivity contribution in [2.45, 2.75) is 44.9 Å². The number of aliphatic hydroxyl groups is 1. The van der Waals surface area contributed by atoms with Crippen LogP contribution in [-0.2, 0) is 4.74 Å². The lowest BCUT2D eigenvalue weighted by molar-refractivity contribution is 0.0192. The van der Waals surface area contributed by atoms with Crippen molar-refractivity contribution >= 4 is 27.7 Å². The SMILES string of the molecule is CC(C)(C)OC(=O)N1CC[C@@H]2[C@H]1c1cc(Br)ccc1N[C@@H]2CO. The summed E-state index contributed by atoms with van der Waals surface area (Å²) < 4.78 is 6.56. The number of hydrogen-bond acceptors (Lipinski definition) is 4. The van der Waals surface area contributed by atoms with Crippen LogP contribution >= 0.6 is 15.9 Å². The van der Waals surface area contributed by atoms with Crippen molar-refractivity contribution in [3.8, 4) is 0 Å². The highest BCUT2D eigenvalue weighted by Crippen LogP contribution is 2.47. The fraction of sp³-hybridized carbons (Fsp3) is 0.588. The summed E-state index contributed by atoms with van der Waals surface area (Å²) in [6.07, 6.45) is 0.572. The van der Waals surface area contributed by atoms with Crippen molar-refractivity contribution in [3.05, 3.63) is 28.2 Å². The highest BCUT2D eigenvalue weighted by Gasteiger charge is 2.46. The smallest absolute Gasteiger partial charge is 0.410 e. The van der Waals surface area contributed by atoms with E-state index in [0.29, 0.717) is 6.54 Å². The Bertz CT molecular complexity index is 614. The molecule has 0 aliphatic carbocycles. The number of ether oxygens (including phenoxy) is 1. The summed E-state index contributed by atoms with van der Waals surface area (Å²) in [5.41, 5.74) is 1.54. The molecule has 0 aromatic heterocycles. The zero-order chi connectivity index (χ0) is 16.8. The number of nitrogens with zero attached hydrogens (tertiary/aromatic N) is 1. The molecule has 6 heteroatoms. The zero-order valence-electron chi connectivity index (χ0n) is 13.7. The van der Waals surface area contributed by atoms with Crippen molar-refractivity contribution in [1.29, 1.82) is 0 Å². The summed E-state index contributed by atoms with van der Waals surface area (Å²) in [4.78, 5) is 14.4. The van der Waals surface area contributed by atoms with Gasteiger partial charge in [-0.25, -0.2) is 4.79 Å². The lowest BCUT2D eigenvalue weighted by Gasteiger charge is -2.39. The third-order valence-corrected chi connectivity index (χ3v) is 4.95. The molecule has 1 aromatic rings. The molecule has 1 saturated heterocycles. The first-order chi connectivity index (χ1) is 10.8. The number of amides is 1. The maximum absolute atomic E-state index is 12.6. The van der Waals surface area contributed by atoms with Gasteiger partial charge in [0.15, 0.2) is 0 Å². The fourth-order valence-corrected chi connectivity index (χ4v) is 3.94. The van der Waals surface area contributed by atoms with E-state index in [2.05, 4.69) is 27.3 Å². The lowest BCUT2D eigenvalue weighted by Crippen LogP contribution is -2.44. The normalized spacial score (nSPS) is 26.3. The van der Waals surface area contributed by atoms with Crippen molar-refractivity contribution in [2.75, 3.05) is 18.5 Å². The van der Waals surface area contributed by atoms with Crippen LogP contribution < -0.4 is 5.32 Å². The van der Waals surface area contributed by atoms with Crippen molar-refractivity contribution in [3.63, 3.8) is 0 Å². The zero-order valence-corrected chi connectivity index (χ0v) is 15.3. The third-order valence-electron chi connectivity index (χ3n) is 4.46. The summed E-state index contributed by atoms with van der Waals surface area (Å²) in [5, 5.41) is 13.1. The Morgan fingerprint density at radius 1 is 1.48 bits per heavy atom. The van der Waals surface area contributed by atoms with Crippen LogP contribution in [-0.4, -0.2) is 40.9 Å². The quantitative estimate of drug-likeness (QED) is 0.779. The molecule has 1 amide bonds. The summed E-state index contributed by atoms with van der Waals surface area (Å²) in [7, 11) is 0. The molecule has 0 spiro atoms. The predicted molar refractivity (Wildman–Crippen MR) is 92.4 cm³/mol. The number of anilines is 1. The average Bonchev–Trinajstić information content (AvgIpc) is 2.90. The number of likely N-dealkylation sites (tertiary alicyclic amines) is 1. The van der Waals surface area contributed by atoms with Gasteiger partial charge >= 0.3 is 6.09 Å². The van der Waals surface area contributed by atoms with Crippen molar-refractivity contribution in [1.82, 2.24) is 4.90 Å². The largest absolute Gasteiger partial charge is 0.444 e. The first-order valence-corrected chi connectivity index (χ1v) is 8.76. The minimum absolute atomic E-state index is 0.0406. The van der Waals surface area contributed by atoms with Gasteiger partial charge in [-0.15, -0.1) is 0 Å². The highest BCUT2D eigenvalue weighted by molar-refractivity contribution is 9.10. The van der Waals surface area contributed by atoms with Gasteiger partial charge in [-0.1, -0.05) is 15.9 Å². The molecule has 126 valence electrons. The number of carbonyl (C=O) groups excluding carboxylic acids is 1. The second-order valence-electron chi connectivity index (χ2n) is 7.24. The first-order valence-electron chi connectivity index (χ1n) is 7.96. The fourth-order valence-electron chi connectivity index (χ4n) is 3.56. The molecule has 0 radical (unpaired) electrons. The van der Waals surface area contributed by atoms with E-state index in [4.69, 9.17) is 4.74 Å². The average molecular weight is 383 g/mol. The number of fused-ring (bicyclic) bond motifs is 3. The Morgan fingerprint density at radius 2 is 2.22 bits per heavy atom. The maximum Gasteiger partial charge on any atom is 0.410 e. The number of rotatable bonds is 1. The monoisotopic (exact) mass is 382 g/mol. The Morgan fingerprint density at radius 3 is 2.87 bits per heavy atom. The van der Waals surface area contributed by atoms with E-state index >= 15 is 0 Å². The second-order valence-corrected chi connectivity index (χ2v) is 8.15. The number of aliphatic hydroxyl groups excluding tert-OH is 1. The number of carbonyl (C=O) groups is 1. The van der Waals surface area contributed by atoms with Crippen LogP contribution in [0.5, 0.6) is 0 Å². The maximum atomic E-state index is 12.6. The number of hydrogen-bond donors (Lipinski definition) is 2. The van der Waals surface area contributed by atoms with Crippen LogP contribution in [0.3, 0.4) is 0 Å². The minimum Gasteiger partial charge on any atom is -0.444 e. The molecular weight excluding hydrogens is 360 g/mol. The van der Waals surface area contributed by atoms with Crippen molar-refractivity contribution < 1.29 is 14.6 Å². The van der Waals surface area contributed by atoms with E-state index in [-0.39, 0.29) is 30.7 Å². The van der Waals surface area contributed by atoms with Crippen molar-refractivity contribution in [2.24, 2.45) is 5.92 Å². The van der Waals surface area contributed by atoms with E-state index < -0.39 is 5.60 Å². The van der Waals surface area contributed by atoms with E-state index in [1.807, 2.05) is 37.8 Å². The minimum atomic E-state index is -0.515. The second kappa shape index (κ2) is 5.98. The molecular formula is C17H23BrN2O3. The molecule has 5 nitrogen and oxygen atoms in total. The molecule has 0 unspecified atom stereocenters. The summed E-state index contributed by atoms with van der Waals surface area (Å²) >= 11 is 3.51. The topological polar surface area (TPSA) is 61.8 Å². The van der Waals surface area contributed by atoms with Gasteiger partial charge < -0.3 is 20.1 Å². The van der Waals surface area contributed by atoms with Gasteiger partial charge in [-0.05, 0) is 51.0 Å². The number of benzene rings is 1. The van der Waals surface area contributed by atoms with E-state index in [9.17, 15) is 9.90 Å². The first kappa shape index (κ1) is 16.6. The molecule has 3 rings (SSSR count). The van der Waals surface area contributed by atoms with Gasteiger partial charge in [0.05, 0.1) is 18.7 Å². The third kappa shape index (κ3) is 3.19. The lowest BCUT2D eigenvalue weighted by atomic mass is 9.83. The van der Waals surface area contributed by atoms with E-state index in [0.717, 1.165) is 22.1 Å². The molecule has 2 aliphatic heterocycles. The Balaban J connectivity index is 1.96. The van der Waals surface area contributed by atoms with Crippen LogP contribution in [0.15, 0.2) is 22.7 Å². The summed E-state index contributed by atoms with van der Waals surface area (Å²) in [5.74, 6) is 0.189. The van der Waals surface area contributed by atoms with Crippen LogP contribution in [0.1, 0.15) is 38.8 Å². The number of halogens is 1. The molecule has 0 saturated carbocycles. The highest BCUT2D eigenvalue weighted by atomic mass is 79.9. The van der Waals surface area contributed by atoms with Crippen LogP contribution in [0.4, 0.5) is 10.5 Å². The van der Waals surface area contributed by atoms with Crippen LogP contribution in [0.25, 0.3) is 0 Å². The molecule has 0 bridgehead atoms. The molecule has 3 atom stereocenters. The van der Waals surface area contributed by atoms with E-state index in [1.54, 1.807) is 0 Å². The Labute approximate surface area is 145 Å². The van der Waals surface area contributed by atoms with Crippen LogP contribution in [0.2, 0.25) is 0 Å². The Hall–Kier alpha value is -1.27. The number of nitrogens with one attached hydrogen (secondary N) is 1. The summed E-state index contributed by atoms with van der Waals surface area (Å²) in [6, 6.07) is 5.91. The molecule has 2 N–H and O–H groups in total. The van der Waals surface area contributed by atoms with Crippen LogP contribution in [0, 0.1) is 5.92 Å². The molecule has 23 heavy (non-hydrogen) atoms. The van der Waals surface area contributed by atoms with E-state index in [1.165, 1.54) is 0 Å². The predicted octanol–water partition coefficient (Wildman–Crippen LogP) is 3.53. The van der Waals surface area contributed by atoms with Gasteiger partial charge in [0.25, 0.3) is 0 Å². The van der Waals surface area contributed by atoms with Gasteiger partial charge in [-0.3, -0.25) is 0 Å². The standard InChI is InChI=1S/C17H23BrN2O3/c1-17(2,3)23-16(22)20-7-6-11-14(9-21)19-13-5-4-10(18)8-12(13)15(11)20/h4-5,8,11,14-15,19,21H,6-7,9H2,1-3H3/t11-,14+,15-/m0/s1.